The van der Waals surface area contributed by atoms with Gasteiger partial charge in [0.05, 0.1) is 12.0 Å². The number of hydrogen-bond donors (Lipinski definition) is 0. The molecule has 1 unspecified atom stereocenters. The van der Waals surface area contributed by atoms with E-state index in [2.05, 4.69) is 6.07 Å². The van der Waals surface area contributed by atoms with Crippen molar-refractivity contribution in [2.24, 2.45) is 5.92 Å². The Labute approximate surface area is 121 Å². The monoisotopic (exact) mass is 276 g/mol. The molecule has 0 spiro atoms. The third-order valence-corrected chi connectivity index (χ3v) is 4.88. The zero-order valence-corrected chi connectivity index (χ0v) is 11.2. The molecule has 0 aliphatic heterocycles. The molecule has 4 nitrogen and oxygen atoms in total. The van der Waals surface area contributed by atoms with Gasteiger partial charge in [-0.25, -0.2) is 0 Å². The predicted molar refractivity (Wildman–Crippen MR) is 76.2 cm³/mol. The van der Waals surface area contributed by atoms with Crippen molar-refractivity contribution in [2.75, 3.05) is 0 Å². The van der Waals surface area contributed by atoms with Crippen molar-refractivity contribution >= 4 is 0 Å². The van der Waals surface area contributed by atoms with Crippen LogP contribution in [0, 0.1) is 27.4 Å². The summed E-state index contributed by atoms with van der Waals surface area (Å²) in [4.78, 5) is 11.8. The summed E-state index contributed by atoms with van der Waals surface area (Å²) >= 11 is 0. The highest BCUT2D eigenvalue weighted by atomic mass is 16.6. The SMILES string of the molecule is N#CC1CC2([N+](=O)[O-])c3ccccc3C1c1ccccc12. The molecule has 0 saturated carbocycles. The molecule has 102 valence electrons. The highest BCUT2D eigenvalue weighted by molar-refractivity contribution is 5.58. The van der Waals surface area contributed by atoms with Crippen molar-refractivity contribution in [3.05, 3.63) is 80.9 Å². The van der Waals surface area contributed by atoms with E-state index in [0.29, 0.717) is 0 Å². The Hall–Kier alpha value is -2.67. The Morgan fingerprint density at radius 1 is 1.10 bits per heavy atom. The van der Waals surface area contributed by atoms with Gasteiger partial charge in [-0.15, -0.1) is 0 Å². The average Bonchev–Trinajstić information content (AvgIpc) is 2.54. The minimum Gasteiger partial charge on any atom is -0.263 e. The minimum atomic E-state index is -1.28. The molecule has 0 fully saturated rings. The van der Waals surface area contributed by atoms with Crippen LogP contribution in [0.4, 0.5) is 0 Å². The van der Waals surface area contributed by atoms with Gasteiger partial charge in [0.15, 0.2) is 0 Å². The van der Waals surface area contributed by atoms with Crippen LogP contribution in [0.3, 0.4) is 0 Å². The lowest BCUT2D eigenvalue weighted by molar-refractivity contribution is -0.571. The molecule has 3 aliphatic rings. The van der Waals surface area contributed by atoms with Gasteiger partial charge in [-0.1, -0.05) is 48.5 Å². The Balaban J connectivity index is 2.15. The number of nitriles is 1. The number of rotatable bonds is 1. The van der Waals surface area contributed by atoms with Gasteiger partial charge in [0.25, 0.3) is 5.54 Å². The second kappa shape index (κ2) is 3.92. The zero-order chi connectivity index (χ0) is 14.6. The number of nitrogens with zero attached hydrogens (tertiary/aromatic N) is 2. The van der Waals surface area contributed by atoms with Gasteiger partial charge in [-0.3, -0.25) is 10.1 Å². The smallest absolute Gasteiger partial charge is 0.263 e. The number of fused-ring (bicyclic) bond motifs is 1. The summed E-state index contributed by atoms with van der Waals surface area (Å²) in [6.07, 6.45) is 0.259. The average molecular weight is 276 g/mol. The molecular weight excluding hydrogens is 264 g/mol. The van der Waals surface area contributed by atoms with E-state index in [0.717, 1.165) is 22.3 Å². The summed E-state index contributed by atoms with van der Waals surface area (Å²) in [6.45, 7) is 0. The molecule has 0 N–H and O–H groups in total. The first-order valence-corrected chi connectivity index (χ1v) is 6.93. The molecule has 0 aromatic heterocycles. The first kappa shape index (κ1) is 12.1. The molecular formula is C17H12N2O2. The van der Waals surface area contributed by atoms with E-state index >= 15 is 0 Å². The van der Waals surface area contributed by atoms with Crippen molar-refractivity contribution in [1.82, 2.24) is 0 Å². The maximum atomic E-state index is 12.0. The maximum Gasteiger partial charge on any atom is 0.273 e. The molecule has 2 aromatic carbocycles. The van der Waals surface area contributed by atoms with Gasteiger partial charge in [-0.2, -0.15) is 5.26 Å². The Kier molecular flexibility index (Phi) is 2.26. The van der Waals surface area contributed by atoms with Crippen molar-refractivity contribution < 1.29 is 4.92 Å². The van der Waals surface area contributed by atoms with Crippen LogP contribution in [0.5, 0.6) is 0 Å². The van der Waals surface area contributed by atoms with E-state index in [-0.39, 0.29) is 23.2 Å². The highest BCUT2D eigenvalue weighted by Crippen LogP contribution is 2.58. The van der Waals surface area contributed by atoms with Crippen LogP contribution in [0.15, 0.2) is 48.5 Å². The second-order valence-electron chi connectivity index (χ2n) is 5.71. The topological polar surface area (TPSA) is 66.9 Å². The van der Waals surface area contributed by atoms with Crippen molar-refractivity contribution in [2.45, 2.75) is 17.9 Å². The minimum absolute atomic E-state index is 0.0516. The second-order valence-corrected chi connectivity index (χ2v) is 5.71. The molecule has 0 saturated heterocycles. The standard InChI is InChI=1S/C17H12N2O2/c18-10-11-9-17(19(20)21)14-7-3-1-5-12(14)16(11)13-6-2-4-8-15(13)17/h1-8,11,16H,9H2. The Bertz CT molecular complexity index is 759. The van der Waals surface area contributed by atoms with E-state index in [1.165, 1.54) is 0 Å². The molecule has 0 radical (unpaired) electrons. The van der Waals surface area contributed by atoms with E-state index in [9.17, 15) is 15.4 Å². The fourth-order valence-electron chi connectivity index (χ4n) is 4.08. The molecule has 2 aromatic rings. The summed E-state index contributed by atoms with van der Waals surface area (Å²) < 4.78 is 0. The van der Waals surface area contributed by atoms with Gasteiger partial charge >= 0.3 is 0 Å². The fourth-order valence-corrected chi connectivity index (χ4v) is 4.08. The molecule has 5 rings (SSSR count). The lowest BCUT2D eigenvalue weighted by atomic mass is 9.56. The molecule has 4 heteroatoms. The summed E-state index contributed by atoms with van der Waals surface area (Å²) in [5, 5.41) is 21.5. The lowest BCUT2D eigenvalue weighted by Crippen LogP contribution is -2.49. The van der Waals surface area contributed by atoms with E-state index in [1.54, 1.807) is 0 Å². The molecule has 2 bridgehead atoms. The van der Waals surface area contributed by atoms with Crippen LogP contribution in [0.25, 0.3) is 0 Å². The van der Waals surface area contributed by atoms with Crippen LogP contribution >= 0.6 is 0 Å². The summed E-state index contributed by atoms with van der Waals surface area (Å²) in [7, 11) is 0. The summed E-state index contributed by atoms with van der Waals surface area (Å²) in [5.41, 5.74) is 2.11. The van der Waals surface area contributed by atoms with Crippen LogP contribution in [-0.2, 0) is 5.54 Å². The molecule has 0 heterocycles. The first-order valence-electron chi connectivity index (χ1n) is 6.93. The van der Waals surface area contributed by atoms with Crippen LogP contribution < -0.4 is 0 Å². The predicted octanol–water partition coefficient (Wildman–Crippen LogP) is 3.20. The Morgan fingerprint density at radius 2 is 1.62 bits per heavy atom. The van der Waals surface area contributed by atoms with Gasteiger partial charge in [0.2, 0.25) is 0 Å². The number of nitro groups is 1. The quantitative estimate of drug-likeness (QED) is 0.593. The van der Waals surface area contributed by atoms with Crippen molar-refractivity contribution in [3.8, 4) is 6.07 Å². The Morgan fingerprint density at radius 3 is 2.10 bits per heavy atom. The fraction of sp³-hybridized carbons (Fsp3) is 0.235. The van der Waals surface area contributed by atoms with E-state index in [1.807, 2.05) is 48.5 Å². The third-order valence-electron chi connectivity index (χ3n) is 4.88. The number of hydrogen-bond acceptors (Lipinski definition) is 3. The third kappa shape index (κ3) is 1.28. The van der Waals surface area contributed by atoms with Gasteiger partial charge in [0, 0.05) is 28.4 Å². The highest BCUT2D eigenvalue weighted by Gasteiger charge is 2.60. The van der Waals surface area contributed by atoms with E-state index < -0.39 is 5.54 Å². The normalized spacial score (nSPS) is 28.3. The van der Waals surface area contributed by atoms with Gasteiger partial charge in [-0.05, 0) is 11.1 Å². The zero-order valence-electron chi connectivity index (χ0n) is 11.2. The van der Waals surface area contributed by atoms with Crippen LogP contribution in [0.1, 0.15) is 34.6 Å². The first-order chi connectivity index (χ1) is 10.2. The summed E-state index contributed by atoms with van der Waals surface area (Å²) in [5.74, 6) is -0.399. The van der Waals surface area contributed by atoms with Crippen LogP contribution in [0.2, 0.25) is 0 Å². The van der Waals surface area contributed by atoms with Gasteiger partial charge < -0.3 is 0 Å². The number of benzene rings is 2. The van der Waals surface area contributed by atoms with Gasteiger partial charge in [0.1, 0.15) is 0 Å². The lowest BCUT2D eigenvalue weighted by Gasteiger charge is -2.45. The maximum absolute atomic E-state index is 12.0. The molecule has 21 heavy (non-hydrogen) atoms. The molecule has 1 atom stereocenters. The molecule has 3 aliphatic carbocycles. The van der Waals surface area contributed by atoms with Crippen molar-refractivity contribution in [1.29, 1.82) is 5.26 Å². The van der Waals surface area contributed by atoms with E-state index in [4.69, 9.17) is 0 Å². The molecule has 0 amide bonds. The van der Waals surface area contributed by atoms with Crippen molar-refractivity contribution in [3.63, 3.8) is 0 Å². The summed E-state index contributed by atoms with van der Waals surface area (Å²) in [6, 6.07) is 17.3. The largest absolute Gasteiger partial charge is 0.273 e. The van der Waals surface area contributed by atoms with Crippen LogP contribution in [-0.4, -0.2) is 4.92 Å².